The Hall–Kier alpha value is -1.28. The SMILES string of the molecule is O=C(/C(=C/c1ccc(Cl)cc1Cl)CCl)c1ccccc1. The van der Waals surface area contributed by atoms with E-state index in [2.05, 4.69) is 0 Å². The van der Waals surface area contributed by atoms with E-state index in [0.29, 0.717) is 21.2 Å². The standard InChI is InChI=1S/C16H11Cl3O/c17-10-13(16(20)11-4-2-1-3-5-11)8-12-6-7-14(18)9-15(12)19/h1-9H,10H2/b13-8+. The third-order valence-electron chi connectivity index (χ3n) is 2.76. The molecule has 0 aliphatic rings. The van der Waals surface area contributed by atoms with E-state index in [0.717, 1.165) is 5.56 Å². The number of allylic oxidation sites excluding steroid dienone is 1. The zero-order valence-electron chi connectivity index (χ0n) is 10.4. The van der Waals surface area contributed by atoms with Crippen LogP contribution in [0, 0.1) is 0 Å². The summed E-state index contributed by atoms with van der Waals surface area (Å²) in [5, 5.41) is 1.04. The number of hydrogen-bond acceptors (Lipinski definition) is 1. The molecular weight excluding hydrogens is 315 g/mol. The molecule has 0 aliphatic carbocycles. The van der Waals surface area contributed by atoms with Crippen LogP contribution in [-0.4, -0.2) is 11.7 Å². The number of hydrogen-bond donors (Lipinski definition) is 0. The highest BCUT2D eigenvalue weighted by atomic mass is 35.5. The van der Waals surface area contributed by atoms with Gasteiger partial charge in [0.25, 0.3) is 0 Å². The van der Waals surface area contributed by atoms with E-state index in [9.17, 15) is 4.79 Å². The topological polar surface area (TPSA) is 17.1 Å². The molecule has 0 spiro atoms. The van der Waals surface area contributed by atoms with Crippen molar-refractivity contribution < 1.29 is 4.79 Å². The molecule has 0 aliphatic heterocycles. The molecule has 0 radical (unpaired) electrons. The highest BCUT2D eigenvalue weighted by Gasteiger charge is 2.11. The second-order valence-electron chi connectivity index (χ2n) is 4.16. The van der Waals surface area contributed by atoms with Crippen LogP contribution in [0.25, 0.3) is 6.08 Å². The fourth-order valence-corrected chi connectivity index (χ4v) is 2.41. The summed E-state index contributed by atoms with van der Waals surface area (Å²) in [5.41, 5.74) is 1.81. The van der Waals surface area contributed by atoms with Gasteiger partial charge in [0.05, 0.1) is 5.88 Å². The predicted octanol–water partition coefficient (Wildman–Crippen LogP) is 5.50. The molecule has 102 valence electrons. The minimum absolute atomic E-state index is 0.105. The van der Waals surface area contributed by atoms with Gasteiger partial charge in [-0.1, -0.05) is 59.6 Å². The zero-order chi connectivity index (χ0) is 14.5. The molecule has 2 aromatic carbocycles. The maximum absolute atomic E-state index is 12.3. The molecule has 0 N–H and O–H groups in total. The van der Waals surface area contributed by atoms with E-state index in [1.54, 1.807) is 36.4 Å². The molecule has 1 nitrogen and oxygen atoms in total. The number of rotatable bonds is 4. The minimum atomic E-state index is -0.105. The normalized spacial score (nSPS) is 11.4. The molecule has 0 bridgehead atoms. The van der Waals surface area contributed by atoms with Crippen molar-refractivity contribution >= 4 is 46.7 Å². The van der Waals surface area contributed by atoms with Crippen molar-refractivity contribution in [2.45, 2.75) is 0 Å². The number of carbonyl (C=O) groups is 1. The summed E-state index contributed by atoms with van der Waals surface area (Å²) < 4.78 is 0. The molecule has 0 heterocycles. The fourth-order valence-electron chi connectivity index (χ4n) is 1.75. The first kappa shape index (κ1) is 15.1. The van der Waals surface area contributed by atoms with Gasteiger partial charge in [-0.05, 0) is 23.8 Å². The van der Waals surface area contributed by atoms with Crippen LogP contribution in [0.1, 0.15) is 15.9 Å². The maximum atomic E-state index is 12.3. The lowest BCUT2D eigenvalue weighted by molar-refractivity contribution is 0.103. The lowest BCUT2D eigenvalue weighted by atomic mass is 10.0. The predicted molar refractivity (Wildman–Crippen MR) is 85.9 cm³/mol. The van der Waals surface area contributed by atoms with Crippen molar-refractivity contribution in [1.29, 1.82) is 0 Å². The number of halogens is 3. The van der Waals surface area contributed by atoms with Crippen LogP contribution in [0.5, 0.6) is 0 Å². The Balaban J connectivity index is 2.37. The first-order chi connectivity index (χ1) is 9.61. The summed E-state index contributed by atoms with van der Waals surface area (Å²) in [6, 6.07) is 14.1. The van der Waals surface area contributed by atoms with Crippen LogP contribution in [0.4, 0.5) is 0 Å². The van der Waals surface area contributed by atoms with Crippen molar-refractivity contribution in [1.82, 2.24) is 0 Å². The smallest absolute Gasteiger partial charge is 0.190 e. The number of alkyl halides is 1. The summed E-state index contributed by atoms with van der Waals surface area (Å²) in [6.45, 7) is 0. The second kappa shape index (κ2) is 6.94. The van der Waals surface area contributed by atoms with E-state index in [4.69, 9.17) is 34.8 Å². The molecule has 0 unspecified atom stereocenters. The molecule has 2 aromatic rings. The molecule has 0 aromatic heterocycles. The summed E-state index contributed by atoms with van der Waals surface area (Å²) in [6.07, 6.45) is 1.70. The first-order valence-electron chi connectivity index (χ1n) is 5.93. The molecule has 0 saturated carbocycles. The Morgan fingerprint density at radius 1 is 1.05 bits per heavy atom. The van der Waals surface area contributed by atoms with E-state index in [1.807, 2.05) is 18.2 Å². The van der Waals surface area contributed by atoms with Crippen LogP contribution in [0.3, 0.4) is 0 Å². The average molecular weight is 326 g/mol. The molecule has 2 rings (SSSR count). The Kier molecular flexibility index (Phi) is 5.24. The largest absolute Gasteiger partial charge is 0.289 e. The minimum Gasteiger partial charge on any atom is -0.289 e. The van der Waals surface area contributed by atoms with Crippen LogP contribution in [-0.2, 0) is 0 Å². The van der Waals surface area contributed by atoms with Crippen LogP contribution in [0.2, 0.25) is 10.0 Å². The Bertz CT molecular complexity index is 648. The lowest BCUT2D eigenvalue weighted by Crippen LogP contribution is -2.04. The van der Waals surface area contributed by atoms with Gasteiger partial charge in [-0.15, -0.1) is 11.6 Å². The quantitative estimate of drug-likeness (QED) is 0.412. The molecule has 20 heavy (non-hydrogen) atoms. The van der Waals surface area contributed by atoms with Crippen molar-refractivity contribution in [2.24, 2.45) is 0 Å². The third kappa shape index (κ3) is 3.63. The van der Waals surface area contributed by atoms with Crippen molar-refractivity contribution in [3.8, 4) is 0 Å². The van der Waals surface area contributed by atoms with E-state index < -0.39 is 0 Å². The molecule has 0 fully saturated rings. The summed E-state index contributed by atoms with van der Waals surface area (Å²) in [5.74, 6) is 0.0128. The lowest BCUT2D eigenvalue weighted by Gasteiger charge is -2.05. The number of carbonyl (C=O) groups excluding carboxylic acids is 1. The Morgan fingerprint density at radius 2 is 1.75 bits per heavy atom. The molecular formula is C16H11Cl3O. The monoisotopic (exact) mass is 324 g/mol. The first-order valence-corrected chi connectivity index (χ1v) is 7.22. The van der Waals surface area contributed by atoms with Crippen molar-refractivity contribution in [2.75, 3.05) is 5.88 Å². The third-order valence-corrected chi connectivity index (χ3v) is 3.61. The van der Waals surface area contributed by atoms with Gasteiger partial charge in [0.1, 0.15) is 0 Å². The number of benzene rings is 2. The summed E-state index contributed by atoms with van der Waals surface area (Å²) >= 11 is 17.8. The van der Waals surface area contributed by atoms with Crippen LogP contribution >= 0.6 is 34.8 Å². The van der Waals surface area contributed by atoms with Crippen LogP contribution < -0.4 is 0 Å². The molecule has 0 amide bonds. The molecule has 0 atom stereocenters. The molecule has 0 saturated heterocycles. The Labute approximate surface area is 132 Å². The van der Waals surface area contributed by atoms with Crippen LogP contribution in [0.15, 0.2) is 54.1 Å². The van der Waals surface area contributed by atoms with Gasteiger partial charge < -0.3 is 0 Å². The zero-order valence-corrected chi connectivity index (χ0v) is 12.7. The van der Waals surface area contributed by atoms with Gasteiger partial charge in [0.2, 0.25) is 0 Å². The summed E-state index contributed by atoms with van der Waals surface area (Å²) in [4.78, 5) is 12.3. The Morgan fingerprint density at radius 3 is 2.35 bits per heavy atom. The van der Waals surface area contributed by atoms with E-state index in [-0.39, 0.29) is 11.7 Å². The number of ketones is 1. The highest BCUT2D eigenvalue weighted by Crippen LogP contribution is 2.24. The highest BCUT2D eigenvalue weighted by molar-refractivity contribution is 6.35. The van der Waals surface area contributed by atoms with Gasteiger partial charge in [-0.2, -0.15) is 0 Å². The average Bonchev–Trinajstić information content (AvgIpc) is 2.47. The molecule has 4 heteroatoms. The van der Waals surface area contributed by atoms with Gasteiger partial charge in [-0.3, -0.25) is 4.79 Å². The number of Topliss-reactive ketones (excluding diaryl/α,β-unsaturated/α-hetero) is 1. The van der Waals surface area contributed by atoms with Gasteiger partial charge in [-0.25, -0.2) is 0 Å². The van der Waals surface area contributed by atoms with Crippen molar-refractivity contribution in [3.63, 3.8) is 0 Å². The maximum Gasteiger partial charge on any atom is 0.190 e. The fraction of sp³-hybridized carbons (Fsp3) is 0.0625. The van der Waals surface area contributed by atoms with Crippen molar-refractivity contribution in [3.05, 3.63) is 75.3 Å². The van der Waals surface area contributed by atoms with E-state index in [1.165, 1.54) is 0 Å². The second-order valence-corrected chi connectivity index (χ2v) is 5.28. The van der Waals surface area contributed by atoms with Gasteiger partial charge in [0, 0.05) is 21.2 Å². The summed E-state index contributed by atoms with van der Waals surface area (Å²) in [7, 11) is 0. The van der Waals surface area contributed by atoms with Gasteiger partial charge >= 0.3 is 0 Å². The van der Waals surface area contributed by atoms with Gasteiger partial charge in [0.15, 0.2) is 5.78 Å². The van der Waals surface area contributed by atoms with E-state index >= 15 is 0 Å².